The first kappa shape index (κ1) is 8.62. The lowest BCUT2D eigenvalue weighted by Gasteiger charge is -2.03. The largest absolute Gasteiger partial charge is 0.256 e. The monoisotopic (exact) mass is 214 g/mol. The Morgan fingerprint density at radius 1 is 0.933 bits per heavy atom. The van der Waals surface area contributed by atoms with Gasteiger partial charge in [-0.2, -0.15) is 0 Å². The van der Waals surface area contributed by atoms with Gasteiger partial charge in [0, 0.05) is 23.2 Å². The molecule has 2 aromatic heterocycles. The van der Waals surface area contributed by atoms with E-state index in [1.807, 2.05) is 30.3 Å². The molecule has 0 N–H and O–H groups in total. The van der Waals surface area contributed by atoms with Crippen molar-refractivity contribution in [3.05, 3.63) is 47.7 Å². The number of pyridine rings is 2. The van der Waals surface area contributed by atoms with Crippen molar-refractivity contribution in [1.82, 2.24) is 9.97 Å². The Morgan fingerprint density at radius 2 is 1.67 bits per heavy atom. The summed E-state index contributed by atoms with van der Waals surface area (Å²) in [6.07, 6.45) is 3.51. The van der Waals surface area contributed by atoms with E-state index in [2.05, 4.69) is 9.97 Å². The van der Waals surface area contributed by atoms with Crippen molar-refractivity contribution < 1.29 is 0 Å². The van der Waals surface area contributed by atoms with E-state index in [-0.39, 0.29) is 0 Å². The molecule has 0 saturated heterocycles. The van der Waals surface area contributed by atoms with Gasteiger partial charge in [0.1, 0.15) is 0 Å². The molecule has 0 spiro atoms. The average Bonchev–Trinajstić information content (AvgIpc) is 2.30. The molecular weight excluding hydrogens is 208 g/mol. The second kappa shape index (κ2) is 3.17. The Balaban J connectivity index is 2.64. The van der Waals surface area contributed by atoms with Crippen molar-refractivity contribution in [3.8, 4) is 0 Å². The fraction of sp³-hybridized carbons (Fsp3) is 0. The zero-order valence-corrected chi connectivity index (χ0v) is 8.57. The van der Waals surface area contributed by atoms with Crippen molar-refractivity contribution in [2.45, 2.75) is 0 Å². The van der Waals surface area contributed by atoms with Gasteiger partial charge in [-0.1, -0.05) is 23.7 Å². The predicted octanol–water partition coefficient (Wildman–Crippen LogP) is 3.44. The Kier molecular flexibility index (Phi) is 1.82. The van der Waals surface area contributed by atoms with Gasteiger partial charge in [-0.25, -0.2) is 0 Å². The molecule has 15 heavy (non-hydrogen) atoms. The molecule has 3 aromatic rings. The molecule has 3 heteroatoms. The summed E-state index contributed by atoms with van der Waals surface area (Å²) in [7, 11) is 0. The maximum atomic E-state index is 6.13. The van der Waals surface area contributed by atoms with Crippen LogP contribution < -0.4 is 0 Å². The molecule has 0 unspecified atom stereocenters. The standard InChI is InChI=1S/C12H7ClN2/c13-10-7-11-8(3-1-5-14-11)9-4-2-6-15-12(9)10/h1-7H. The van der Waals surface area contributed by atoms with E-state index in [4.69, 9.17) is 11.6 Å². The summed E-state index contributed by atoms with van der Waals surface area (Å²) in [6.45, 7) is 0. The van der Waals surface area contributed by atoms with Gasteiger partial charge in [0.15, 0.2) is 0 Å². The first-order valence-corrected chi connectivity index (χ1v) is 5.02. The van der Waals surface area contributed by atoms with E-state index < -0.39 is 0 Å². The van der Waals surface area contributed by atoms with Gasteiger partial charge in [-0.05, 0) is 18.2 Å². The molecule has 0 atom stereocenters. The minimum atomic E-state index is 0.650. The van der Waals surface area contributed by atoms with E-state index in [0.717, 1.165) is 21.8 Å². The summed E-state index contributed by atoms with van der Waals surface area (Å²) in [5, 5.41) is 2.79. The highest BCUT2D eigenvalue weighted by molar-refractivity contribution is 6.36. The first-order valence-electron chi connectivity index (χ1n) is 4.64. The summed E-state index contributed by atoms with van der Waals surface area (Å²) in [4.78, 5) is 8.55. The number of rotatable bonds is 0. The van der Waals surface area contributed by atoms with Crippen molar-refractivity contribution in [1.29, 1.82) is 0 Å². The van der Waals surface area contributed by atoms with E-state index >= 15 is 0 Å². The van der Waals surface area contributed by atoms with Crippen LogP contribution in [0.15, 0.2) is 42.7 Å². The zero-order chi connectivity index (χ0) is 10.3. The lowest BCUT2D eigenvalue weighted by molar-refractivity contribution is 1.39. The van der Waals surface area contributed by atoms with Crippen LogP contribution in [0.3, 0.4) is 0 Å². The van der Waals surface area contributed by atoms with Crippen molar-refractivity contribution >= 4 is 33.4 Å². The van der Waals surface area contributed by atoms with Crippen LogP contribution >= 0.6 is 11.6 Å². The van der Waals surface area contributed by atoms with Crippen LogP contribution in [0.2, 0.25) is 5.02 Å². The molecule has 2 heterocycles. The van der Waals surface area contributed by atoms with Crippen molar-refractivity contribution in [2.75, 3.05) is 0 Å². The fourth-order valence-corrected chi connectivity index (χ4v) is 2.02. The van der Waals surface area contributed by atoms with Crippen LogP contribution in [0.25, 0.3) is 21.8 Å². The van der Waals surface area contributed by atoms with Gasteiger partial charge in [0.25, 0.3) is 0 Å². The van der Waals surface area contributed by atoms with Gasteiger partial charge >= 0.3 is 0 Å². The minimum absolute atomic E-state index is 0.650. The molecular formula is C12H7ClN2. The predicted molar refractivity (Wildman–Crippen MR) is 62.1 cm³/mol. The van der Waals surface area contributed by atoms with Gasteiger partial charge in [0.2, 0.25) is 0 Å². The lowest BCUT2D eigenvalue weighted by Crippen LogP contribution is -1.84. The van der Waals surface area contributed by atoms with Crippen molar-refractivity contribution in [3.63, 3.8) is 0 Å². The van der Waals surface area contributed by atoms with E-state index in [9.17, 15) is 0 Å². The van der Waals surface area contributed by atoms with Crippen LogP contribution in [-0.2, 0) is 0 Å². The highest BCUT2D eigenvalue weighted by Crippen LogP contribution is 2.28. The average molecular weight is 215 g/mol. The van der Waals surface area contributed by atoms with E-state index in [1.54, 1.807) is 12.4 Å². The summed E-state index contributed by atoms with van der Waals surface area (Å²) in [5.41, 5.74) is 1.74. The molecule has 0 bridgehead atoms. The van der Waals surface area contributed by atoms with Crippen LogP contribution in [0.1, 0.15) is 0 Å². The topological polar surface area (TPSA) is 25.8 Å². The smallest absolute Gasteiger partial charge is 0.0895 e. The number of nitrogens with zero attached hydrogens (tertiary/aromatic N) is 2. The summed E-state index contributed by atoms with van der Waals surface area (Å²) in [5.74, 6) is 0. The Morgan fingerprint density at radius 3 is 2.53 bits per heavy atom. The van der Waals surface area contributed by atoms with Crippen molar-refractivity contribution in [2.24, 2.45) is 0 Å². The molecule has 1 aromatic carbocycles. The Bertz CT molecular complexity index is 649. The summed E-state index contributed by atoms with van der Waals surface area (Å²) >= 11 is 6.13. The third kappa shape index (κ3) is 1.26. The molecule has 0 saturated carbocycles. The number of hydrogen-bond acceptors (Lipinski definition) is 2. The van der Waals surface area contributed by atoms with E-state index in [0.29, 0.717) is 5.02 Å². The minimum Gasteiger partial charge on any atom is -0.256 e. The van der Waals surface area contributed by atoms with Crippen LogP contribution in [0.4, 0.5) is 0 Å². The molecule has 3 rings (SSSR count). The molecule has 0 amide bonds. The fourth-order valence-electron chi connectivity index (χ4n) is 1.76. The third-order valence-corrected chi connectivity index (χ3v) is 2.71. The molecule has 0 aliphatic rings. The lowest BCUT2D eigenvalue weighted by atomic mass is 10.1. The number of hydrogen-bond donors (Lipinski definition) is 0. The SMILES string of the molecule is Clc1cc2ncccc2c2cccnc12. The van der Waals surface area contributed by atoms with Gasteiger partial charge in [-0.3, -0.25) is 9.97 Å². The second-order valence-corrected chi connectivity index (χ2v) is 3.74. The maximum absolute atomic E-state index is 6.13. The quantitative estimate of drug-likeness (QED) is 0.536. The first-order chi connectivity index (χ1) is 7.36. The second-order valence-electron chi connectivity index (χ2n) is 3.33. The molecule has 72 valence electrons. The van der Waals surface area contributed by atoms with Crippen LogP contribution in [0.5, 0.6) is 0 Å². The van der Waals surface area contributed by atoms with Crippen LogP contribution in [0, 0.1) is 0 Å². The van der Waals surface area contributed by atoms with Gasteiger partial charge in [0.05, 0.1) is 16.1 Å². The third-order valence-electron chi connectivity index (χ3n) is 2.43. The molecule has 0 radical (unpaired) electrons. The number of aromatic nitrogens is 2. The summed E-state index contributed by atoms with van der Waals surface area (Å²) < 4.78 is 0. The van der Waals surface area contributed by atoms with Crippen LogP contribution in [-0.4, -0.2) is 9.97 Å². The molecule has 0 fully saturated rings. The molecule has 0 aliphatic heterocycles. The van der Waals surface area contributed by atoms with Gasteiger partial charge in [-0.15, -0.1) is 0 Å². The number of halogens is 1. The number of fused-ring (bicyclic) bond motifs is 3. The van der Waals surface area contributed by atoms with Gasteiger partial charge < -0.3 is 0 Å². The highest BCUT2D eigenvalue weighted by Gasteiger charge is 2.05. The Labute approximate surface area is 91.5 Å². The zero-order valence-electron chi connectivity index (χ0n) is 7.81. The van der Waals surface area contributed by atoms with E-state index in [1.165, 1.54) is 0 Å². The highest BCUT2D eigenvalue weighted by atomic mass is 35.5. The maximum Gasteiger partial charge on any atom is 0.0895 e. The number of benzene rings is 1. The molecule has 0 aliphatic carbocycles. The normalized spacial score (nSPS) is 11.0. The summed E-state index contributed by atoms with van der Waals surface area (Å²) in [6, 6.07) is 9.72. The molecule has 2 nitrogen and oxygen atoms in total. The Hall–Kier alpha value is -1.67.